The fraction of sp³-hybridized carbons (Fsp3) is 0.435. The van der Waals surface area contributed by atoms with Crippen molar-refractivity contribution in [1.82, 2.24) is 30.2 Å². The summed E-state index contributed by atoms with van der Waals surface area (Å²) in [5.41, 5.74) is 8.19. The van der Waals surface area contributed by atoms with Crippen molar-refractivity contribution in [2.24, 2.45) is 0 Å². The molecule has 4 N–H and O–H groups in total. The number of imidazole rings is 1. The van der Waals surface area contributed by atoms with Crippen molar-refractivity contribution >= 4 is 28.8 Å². The predicted molar refractivity (Wildman–Crippen MR) is 126 cm³/mol. The average Bonchev–Trinajstić information content (AvgIpc) is 3.15. The van der Waals surface area contributed by atoms with Gasteiger partial charge in [-0.05, 0) is 44.9 Å². The quantitative estimate of drug-likeness (QED) is 0.423. The van der Waals surface area contributed by atoms with Crippen LogP contribution in [0.4, 0.5) is 5.82 Å². The fourth-order valence-electron chi connectivity index (χ4n) is 3.12. The van der Waals surface area contributed by atoms with Gasteiger partial charge in [0.2, 0.25) is 5.91 Å². The number of hydrogen-bond acceptors (Lipinski definition) is 7. The predicted octanol–water partition coefficient (Wildman–Crippen LogP) is 2.28. The monoisotopic (exact) mass is 453 g/mol. The Labute approximate surface area is 193 Å². The first-order valence-electron chi connectivity index (χ1n) is 11.0. The minimum Gasteiger partial charge on any atom is -0.463 e. The van der Waals surface area contributed by atoms with Gasteiger partial charge in [-0.3, -0.25) is 9.59 Å². The standard InChI is InChI=1S/C23H31N7O3/c1-5-6-11-33-22-27-19(24)18-20(28-22)30(14-26-18)13-15-7-9-16(10-8-15)21(32)25-12-17(31)29-23(2,3)4/h7-10,14H,5-6,11-13H2,1-4H3,(H,25,32)(H,29,31)(H2,24,27,28). The molecule has 3 rings (SSSR count). The van der Waals surface area contributed by atoms with E-state index >= 15 is 0 Å². The van der Waals surface area contributed by atoms with Crippen LogP contribution in [0.5, 0.6) is 6.01 Å². The fourth-order valence-corrected chi connectivity index (χ4v) is 3.12. The molecular formula is C23H31N7O3. The van der Waals surface area contributed by atoms with Crippen molar-refractivity contribution in [3.8, 4) is 6.01 Å². The molecule has 0 spiro atoms. The number of amides is 2. The zero-order valence-electron chi connectivity index (χ0n) is 19.5. The molecule has 0 aliphatic rings. The van der Waals surface area contributed by atoms with Gasteiger partial charge in [0.1, 0.15) is 0 Å². The van der Waals surface area contributed by atoms with Crippen LogP contribution in [0, 0.1) is 0 Å². The Morgan fingerprint density at radius 1 is 1.15 bits per heavy atom. The number of hydrogen-bond donors (Lipinski definition) is 3. The maximum atomic E-state index is 12.3. The van der Waals surface area contributed by atoms with E-state index in [-0.39, 0.29) is 35.7 Å². The Morgan fingerprint density at radius 3 is 2.55 bits per heavy atom. The number of rotatable bonds is 9. The lowest BCUT2D eigenvalue weighted by molar-refractivity contribution is -0.121. The van der Waals surface area contributed by atoms with Crippen molar-refractivity contribution in [3.05, 3.63) is 41.7 Å². The molecule has 10 heteroatoms. The third-order valence-electron chi connectivity index (χ3n) is 4.69. The van der Waals surface area contributed by atoms with Crippen LogP contribution < -0.4 is 21.1 Å². The van der Waals surface area contributed by atoms with Crippen LogP contribution in [0.15, 0.2) is 30.6 Å². The number of nitrogens with two attached hydrogens (primary N) is 1. The van der Waals surface area contributed by atoms with E-state index in [9.17, 15) is 9.59 Å². The van der Waals surface area contributed by atoms with E-state index in [2.05, 4.69) is 32.5 Å². The normalized spacial score (nSPS) is 11.4. The topological polar surface area (TPSA) is 137 Å². The van der Waals surface area contributed by atoms with Gasteiger partial charge < -0.3 is 25.7 Å². The summed E-state index contributed by atoms with van der Waals surface area (Å²) in [6.07, 6.45) is 3.57. The first kappa shape index (κ1) is 24.0. The lowest BCUT2D eigenvalue weighted by Crippen LogP contribution is -2.45. The number of nitrogens with one attached hydrogen (secondary N) is 2. The van der Waals surface area contributed by atoms with Crippen molar-refractivity contribution in [2.45, 2.75) is 52.6 Å². The lowest BCUT2D eigenvalue weighted by atomic mass is 10.1. The summed E-state index contributed by atoms with van der Waals surface area (Å²) in [7, 11) is 0. The Bertz CT molecular complexity index is 1120. The molecule has 0 unspecified atom stereocenters. The number of unbranched alkanes of at least 4 members (excludes halogenated alkanes) is 1. The van der Waals surface area contributed by atoms with Gasteiger partial charge in [0.15, 0.2) is 17.0 Å². The summed E-state index contributed by atoms with van der Waals surface area (Å²) in [5, 5.41) is 5.44. The molecule has 0 bridgehead atoms. The van der Waals surface area contributed by atoms with Crippen molar-refractivity contribution in [2.75, 3.05) is 18.9 Å². The molecule has 1 aromatic carbocycles. The minimum absolute atomic E-state index is 0.0807. The largest absolute Gasteiger partial charge is 0.463 e. The molecule has 0 atom stereocenters. The van der Waals surface area contributed by atoms with Crippen LogP contribution >= 0.6 is 0 Å². The highest BCUT2D eigenvalue weighted by Crippen LogP contribution is 2.20. The molecule has 2 aromatic heterocycles. The van der Waals surface area contributed by atoms with Crippen LogP contribution in [0.3, 0.4) is 0 Å². The third kappa shape index (κ3) is 6.64. The van der Waals surface area contributed by atoms with E-state index < -0.39 is 0 Å². The molecule has 2 heterocycles. The van der Waals surface area contributed by atoms with Crippen LogP contribution in [0.1, 0.15) is 56.5 Å². The highest BCUT2D eigenvalue weighted by Gasteiger charge is 2.15. The second-order valence-corrected chi connectivity index (χ2v) is 8.82. The smallest absolute Gasteiger partial charge is 0.320 e. The van der Waals surface area contributed by atoms with Gasteiger partial charge in [-0.15, -0.1) is 0 Å². The number of anilines is 1. The molecule has 3 aromatic rings. The number of carbonyl (C=O) groups excluding carboxylic acids is 2. The van der Waals surface area contributed by atoms with Gasteiger partial charge in [0, 0.05) is 11.1 Å². The van der Waals surface area contributed by atoms with Gasteiger partial charge >= 0.3 is 6.01 Å². The van der Waals surface area contributed by atoms with Crippen LogP contribution in [-0.2, 0) is 11.3 Å². The van der Waals surface area contributed by atoms with Gasteiger partial charge in [-0.25, -0.2) is 4.98 Å². The maximum absolute atomic E-state index is 12.3. The van der Waals surface area contributed by atoms with Gasteiger partial charge in [0.25, 0.3) is 5.91 Å². The number of fused-ring (bicyclic) bond motifs is 1. The molecule has 10 nitrogen and oxygen atoms in total. The summed E-state index contributed by atoms with van der Waals surface area (Å²) >= 11 is 0. The van der Waals surface area contributed by atoms with E-state index in [4.69, 9.17) is 10.5 Å². The van der Waals surface area contributed by atoms with Gasteiger partial charge in [0.05, 0.1) is 26.0 Å². The lowest BCUT2D eigenvalue weighted by Gasteiger charge is -2.20. The molecule has 0 fully saturated rings. The highest BCUT2D eigenvalue weighted by molar-refractivity contribution is 5.96. The summed E-state index contributed by atoms with van der Waals surface area (Å²) in [6, 6.07) is 7.36. The summed E-state index contributed by atoms with van der Waals surface area (Å²) in [5.74, 6) is -0.278. The van der Waals surface area contributed by atoms with Crippen molar-refractivity contribution < 1.29 is 14.3 Å². The van der Waals surface area contributed by atoms with Crippen molar-refractivity contribution in [1.29, 1.82) is 0 Å². The van der Waals surface area contributed by atoms with Crippen molar-refractivity contribution in [3.63, 3.8) is 0 Å². The van der Waals surface area contributed by atoms with Crippen LogP contribution in [0.25, 0.3) is 11.2 Å². The Hall–Kier alpha value is -3.69. The van der Waals surface area contributed by atoms with Crippen LogP contribution in [0.2, 0.25) is 0 Å². The van der Waals surface area contributed by atoms with E-state index in [1.807, 2.05) is 37.5 Å². The highest BCUT2D eigenvalue weighted by atomic mass is 16.5. The number of nitrogens with zero attached hydrogens (tertiary/aromatic N) is 4. The maximum Gasteiger partial charge on any atom is 0.320 e. The van der Waals surface area contributed by atoms with Gasteiger partial charge in [-0.1, -0.05) is 25.5 Å². The zero-order valence-corrected chi connectivity index (χ0v) is 19.5. The van der Waals surface area contributed by atoms with E-state index in [0.717, 1.165) is 18.4 Å². The molecule has 0 aliphatic heterocycles. The molecule has 33 heavy (non-hydrogen) atoms. The first-order chi connectivity index (χ1) is 15.7. The summed E-state index contributed by atoms with van der Waals surface area (Å²) < 4.78 is 7.46. The van der Waals surface area contributed by atoms with Crippen LogP contribution in [-0.4, -0.2) is 50.0 Å². The van der Waals surface area contributed by atoms with E-state index in [0.29, 0.717) is 29.9 Å². The second kappa shape index (κ2) is 10.3. The number of aromatic nitrogens is 4. The summed E-state index contributed by atoms with van der Waals surface area (Å²) in [6.45, 7) is 8.66. The number of nitrogen functional groups attached to an aromatic ring is 1. The number of benzene rings is 1. The summed E-state index contributed by atoms with van der Waals surface area (Å²) in [4.78, 5) is 37.2. The number of carbonyl (C=O) groups is 2. The molecule has 0 aliphatic carbocycles. The average molecular weight is 454 g/mol. The van der Waals surface area contributed by atoms with E-state index in [1.54, 1.807) is 18.5 Å². The molecular weight excluding hydrogens is 422 g/mol. The zero-order chi connectivity index (χ0) is 24.0. The SMILES string of the molecule is CCCCOc1nc(N)c2ncn(Cc3ccc(C(=O)NCC(=O)NC(C)(C)C)cc3)c2n1. The molecule has 0 saturated carbocycles. The van der Waals surface area contributed by atoms with E-state index in [1.165, 1.54) is 0 Å². The third-order valence-corrected chi connectivity index (χ3v) is 4.69. The molecule has 2 amide bonds. The minimum atomic E-state index is -0.348. The number of ether oxygens (including phenoxy) is 1. The Kier molecular flexibility index (Phi) is 7.47. The molecule has 0 radical (unpaired) electrons. The van der Waals surface area contributed by atoms with Gasteiger partial charge in [-0.2, -0.15) is 9.97 Å². The molecule has 176 valence electrons. The second-order valence-electron chi connectivity index (χ2n) is 8.82. The first-order valence-corrected chi connectivity index (χ1v) is 11.0. The molecule has 0 saturated heterocycles. The Morgan fingerprint density at radius 2 is 1.88 bits per heavy atom. The Balaban J connectivity index is 1.65.